The zero-order valence-corrected chi connectivity index (χ0v) is 14.0. The summed E-state index contributed by atoms with van der Waals surface area (Å²) in [6, 6.07) is 12.2. The van der Waals surface area contributed by atoms with Crippen molar-refractivity contribution in [2.75, 3.05) is 13.6 Å². The molecule has 1 aromatic carbocycles. The van der Waals surface area contributed by atoms with Gasteiger partial charge in [-0.05, 0) is 17.7 Å². The molecule has 1 aliphatic heterocycles. The average molecular weight is 332 g/mol. The van der Waals surface area contributed by atoms with Gasteiger partial charge in [0.1, 0.15) is 18.2 Å². The lowest BCUT2D eigenvalue weighted by Crippen LogP contribution is -3.08. The number of aromatic amines is 1. The van der Waals surface area contributed by atoms with Crippen molar-refractivity contribution < 1.29 is 9.88 Å². The van der Waals surface area contributed by atoms with Crippen LogP contribution in [0.25, 0.3) is 0 Å². The summed E-state index contributed by atoms with van der Waals surface area (Å²) in [5.41, 5.74) is 4.35. The van der Waals surface area contributed by atoms with Crippen LogP contribution in [0.4, 0.5) is 0 Å². The van der Waals surface area contributed by atoms with Gasteiger partial charge in [0.25, 0.3) is 5.03 Å². The number of hydrogen-bond acceptors (Lipinski definition) is 2. The Kier molecular flexibility index (Phi) is 4.68. The lowest BCUT2D eigenvalue weighted by Gasteiger charge is -2.19. The first-order chi connectivity index (χ1) is 10.7. The summed E-state index contributed by atoms with van der Waals surface area (Å²) in [5.74, 6) is 0.759. The fourth-order valence-electron chi connectivity index (χ4n) is 2.71. The fourth-order valence-corrected chi connectivity index (χ4v) is 4.00. The van der Waals surface area contributed by atoms with E-state index in [1.807, 2.05) is 30.3 Å². The van der Waals surface area contributed by atoms with Crippen LogP contribution in [0.5, 0.6) is 0 Å². The first-order valence-electron chi connectivity index (χ1n) is 7.33. The van der Waals surface area contributed by atoms with Crippen LogP contribution < -0.4 is 9.88 Å². The van der Waals surface area contributed by atoms with Crippen molar-refractivity contribution in [1.82, 2.24) is 0 Å². The quantitative estimate of drug-likeness (QED) is 0.873. The van der Waals surface area contributed by atoms with Crippen LogP contribution in [-0.2, 0) is 18.7 Å². The van der Waals surface area contributed by atoms with Gasteiger partial charge in [-0.3, -0.25) is 0 Å². The first kappa shape index (κ1) is 15.4. The Balaban J connectivity index is 1.85. The molecule has 3 nitrogen and oxygen atoms in total. The van der Waals surface area contributed by atoms with E-state index in [0.717, 1.165) is 46.4 Å². The smallest absolute Gasteiger partial charge is 0.256 e. The van der Waals surface area contributed by atoms with Gasteiger partial charge in [0.2, 0.25) is 0 Å². The van der Waals surface area contributed by atoms with Gasteiger partial charge in [0.05, 0.1) is 25.6 Å². The number of quaternary nitrogens is 1. The average Bonchev–Trinajstić information content (AvgIpc) is 2.53. The van der Waals surface area contributed by atoms with Crippen molar-refractivity contribution in [2.24, 2.45) is 0 Å². The molecule has 112 valence electrons. The van der Waals surface area contributed by atoms with Gasteiger partial charge in [0.15, 0.2) is 5.69 Å². The van der Waals surface area contributed by atoms with Crippen molar-refractivity contribution in [3.63, 3.8) is 0 Å². The maximum Gasteiger partial charge on any atom is 0.256 e. The molecule has 0 saturated carbocycles. The molecular formula is C17H18ClN3S+2. The summed E-state index contributed by atoms with van der Waals surface area (Å²) >= 11 is 7.85. The molecule has 1 aromatic heterocycles. The minimum Gasteiger partial charge on any atom is -0.333 e. The van der Waals surface area contributed by atoms with Gasteiger partial charge in [0, 0.05) is 10.8 Å². The van der Waals surface area contributed by atoms with E-state index < -0.39 is 0 Å². The second kappa shape index (κ2) is 6.70. The summed E-state index contributed by atoms with van der Waals surface area (Å²) in [5, 5.41) is 11.1. The van der Waals surface area contributed by atoms with E-state index in [9.17, 15) is 5.26 Å². The standard InChI is InChI=1S/C17H16ClN3S/c1-21-7-6-16-14(10-21)8-13(9-19)17(20-16)22-11-12-4-2-3-5-15(12)18/h2-5,8H,6-7,10-11H2,1H3/p+2. The van der Waals surface area contributed by atoms with Gasteiger partial charge < -0.3 is 4.90 Å². The number of thioether (sulfide) groups is 1. The highest BCUT2D eigenvalue weighted by atomic mass is 35.5. The van der Waals surface area contributed by atoms with E-state index in [1.165, 1.54) is 16.2 Å². The number of benzene rings is 1. The van der Waals surface area contributed by atoms with Crippen molar-refractivity contribution in [1.29, 1.82) is 5.26 Å². The van der Waals surface area contributed by atoms with Gasteiger partial charge in [-0.15, -0.1) is 0 Å². The first-order valence-corrected chi connectivity index (χ1v) is 8.69. The Hall–Kier alpha value is -1.54. The second-order valence-corrected chi connectivity index (χ2v) is 7.03. The molecule has 0 aliphatic carbocycles. The molecule has 1 unspecified atom stereocenters. The summed E-state index contributed by atoms with van der Waals surface area (Å²) in [4.78, 5) is 4.97. The molecule has 0 amide bonds. The largest absolute Gasteiger partial charge is 0.333 e. The molecule has 0 saturated heterocycles. The van der Waals surface area contributed by atoms with E-state index >= 15 is 0 Å². The minimum atomic E-state index is 0.727. The van der Waals surface area contributed by atoms with E-state index in [-0.39, 0.29) is 0 Å². The Bertz CT molecular complexity index is 739. The molecule has 1 atom stereocenters. The molecule has 2 heterocycles. The zero-order valence-electron chi connectivity index (χ0n) is 12.4. The van der Waals surface area contributed by atoms with Crippen molar-refractivity contribution in [3.8, 4) is 6.07 Å². The van der Waals surface area contributed by atoms with Crippen LogP contribution >= 0.6 is 23.4 Å². The van der Waals surface area contributed by atoms with Crippen LogP contribution in [0.2, 0.25) is 5.02 Å². The Morgan fingerprint density at radius 3 is 3.00 bits per heavy atom. The molecule has 2 aromatic rings. The number of rotatable bonds is 3. The molecular weight excluding hydrogens is 314 g/mol. The topological polar surface area (TPSA) is 42.4 Å². The highest BCUT2D eigenvalue weighted by Crippen LogP contribution is 2.27. The number of hydrogen-bond donors (Lipinski definition) is 1. The van der Waals surface area contributed by atoms with Gasteiger partial charge in [-0.1, -0.05) is 41.6 Å². The van der Waals surface area contributed by atoms with Crippen LogP contribution in [0.3, 0.4) is 0 Å². The predicted molar refractivity (Wildman–Crippen MR) is 87.9 cm³/mol. The normalized spacial score (nSPS) is 16.9. The zero-order chi connectivity index (χ0) is 15.5. The monoisotopic (exact) mass is 331 g/mol. The molecule has 0 spiro atoms. The molecule has 22 heavy (non-hydrogen) atoms. The van der Waals surface area contributed by atoms with E-state index in [0.29, 0.717) is 0 Å². The molecule has 3 rings (SSSR count). The Morgan fingerprint density at radius 2 is 2.23 bits per heavy atom. The lowest BCUT2D eigenvalue weighted by molar-refractivity contribution is -0.897. The highest BCUT2D eigenvalue weighted by molar-refractivity contribution is 7.98. The number of likely N-dealkylation sites (N-methyl/N-ethyl adjacent to an activating group) is 1. The third-order valence-electron chi connectivity index (χ3n) is 3.96. The Morgan fingerprint density at radius 1 is 1.41 bits per heavy atom. The minimum absolute atomic E-state index is 0.727. The van der Waals surface area contributed by atoms with E-state index in [4.69, 9.17) is 11.6 Å². The summed E-state index contributed by atoms with van der Waals surface area (Å²) in [6.45, 7) is 2.11. The SMILES string of the molecule is C[NH+]1CCc2[nH+]c(SCc3ccccc3Cl)c(C#N)cc2C1. The molecule has 2 N–H and O–H groups in total. The number of pyridine rings is 1. The molecule has 0 radical (unpaired) electrons. The number of halogens is 1. The summed E-state index contributed by atoms with van der Waals surface area (Å²) in [7, 11) is 2.19. The molecule has 5 heteroatoms. The van der Waals surface area contributed by atoms with Gasteiger partial charge in [-0.2, -0.15) is 5.26 Å². The number of nitrogens with zero attached hydrogens (tertiary/aromatic N) is 1. The fraction of sp³-hybridized carbons (Fsp3) is 0.294. The van der Waals surface area contributed by atoms with Crippen LogP contribution in [0.1, 0.15) is 22.4 Å². The lowest BCUT2D eigenvalue weighted by atomic mass is 10.0. The summed E-state index contributed by atoms with van der Waals surface area (Å²) in [6.07, 6.45) is 1.03. The maximum atomic E-state index is 9.42. The van der Waals surface area contributed by atoms with Crippen LogP contribution in [0.15, 0.2) is 35.4 Å². The maximum absolute atomic E-state index is 9.42. The highest BCUT2D eigenvalue weighted by Gasteiger charge is 2.25. The summed E-state index contributed by atoms with van der Waals surface area (Å²) < 4.78 is 0. The van der Waals surface area contributed by atoms with Crippen molar-refractivity contribution >= 4 is 23.4 Å². The molecule has 0 bridgehead atoms. The van der Waals surface area contributed by atoms with Crippen molar-refractivity contribution in [2.45, 2.75) is 23.7 Å². The number of fused-ring (bicyclic) bond motifs is 1. The van der Waals surface area contributed by atoms with E-state index in [1.54, 1.807) is 11.8 Å². The number of aromatic nitrogens is 1. The molecule has 0 fully saturated rings. The van der Waals surface area contributed by atoms with Gasteiger partial charge >= 0.3 is 0 Å². The number of nitriles is 1. The van der Waals surface area contributed by atoms with E-state index in [2.05, 4.69) is 18.1 Å². The van der Waals surface area contributed by atoms with Gasteiger partial charge in [-0.25, -0.2) is 4.98 Å². The Labute approximate surface area is 139 Å². The second-order valence-electron chi connectivity index (χ2n) is 5.64. The number of H-pyrrole nitrogens is 1. The predicted octanol–water partition coefficient (Wildman–Crippen LogP) is 1.89. The van der Waals surface area contributed by atoms with Crippen LogP contribution in [0, 0.1) is 11.3 Å². The third kappa shape index (κ3) is 3.27. The number of nitrogens with one attached hydrogen (secondary N) is 2. The molecule has 1 aliphatic rings. The third-order valence-corrected chi connectivity index (χ3v) is 5.39. The van der Waals surface area contributed by atoms with Crippen LogP contribution in [-0.4, -0.2) is 13.6 Å². The van der Waals surface area contributed by atoms with Crippen molar-refractivity contribution in [3.05, 3.63) is 57.7 Å².